The number of nitrogens with one attached hydrogen (secondary N) is 1. The van der Waals surface area contributed by atoms with Crippen molar-refractivity contribution in [1.82, 2.24) is 0 Å². The molecule has 1 aromatic carbocycles. The van der Waals surface area contributed by atoms with Gasteiger partial charge in [0.1, 0.15) is 0 Å². The molecule has 3 N–H and O–H groups in total. The summed E-state index contributed by atoms with van der Waals surface area (Å²) in [7, 11) is 0. The van der Waals surface area contributed by atoms with Crippen LogP contribution in [0.3, 0.4) is 0 Å². The van der Waals surface area contributed by atoms with Crippen LogP contribution < -0.4 is 11.1 Å². The third-order valence-corrected chi connectivity index (χ3v) is 3.75. The Hall–Kier alpha value is -0.770. The van der Waals surface area contributed by atoms with Gasteiger partial charge in [-0.3, -0.25) is 4.79 Å². The lowest BCUT2D eigenvalue weighted by Gasteiger charge is -2.23. The second kappa shape index (κ2) is 4.48. The van der Waals surface area contributed by atoms with E-state index in [2.05, 4.69) is 5.32 Å². The smallest absolute Gasteiger partial charge is 0.244 e. The van der Waals surface area contributed by atoms with Crippen molar-refractivity contribution in [3.63, 3.8) is 0 Å². The number of hydrogen-bond acceptors (Lipinski definition) is 2. The van der Waals surface area contributed by atoms with E-state index in [1.54, 1.807) is 25.1 Å². The van der Waals surface area contributed by atoms with Crippen molar-refractivity contribution in [3.05, 3.63) is 28.2 Å². The molecule has 0 saturated heterocycles. The molecule has 1 aliphatic carbocycles. The summed E-state index contributed by atoms with van der Waals surface area (Å²) in [6, 6.07) is 5.07. The van der Waals surface area contributed by atoms with E-state index < -0.39 is 5.54 Å². The number of carbonyl (C=O) groups is 1. The quantitative estimate of drug-likeness (QED) is 0.889. The van der Waals surface area contributed by atoms with E-state index in [-0.39, 0.29) is 11.8 Å². The maximum Gasteiger partial charge on any atom is 0.244 e. The summed E-state index contributed by atoms with van der Waals surface area (Å²) >= 11 is 12.0. The second-order valence-electron chi connectivity index (χ2n) is 4.61. The molecule has 1 aromatic rings. The zero-order valence-corrected chi connectivity index (χ0v) is 11.0. The van der Waals surface area contributed by atoms with Gasteiger partial charge < -0.3 is 11.1 Å². The predicted octanol–water partition coefficient (Wildman–Crippen LogP) is 3.06. The van der Waals surface area contributed by atoms with Crippen LogP contribution in [0.5, 0.6) is 0 Å². The minimum atomic E-state index is -0.859. The Morgan fingerprint density at radius 3 is 2.41 bits per heavy atom. The molecule has 1 unspecified atom stereocenters. The highest BCUT2D eigenvalue weighted by molar-refractivity contribution is 6.39. The monoisotopic (exact) mass is 272 g/mol. The zero-order valence-electron chi connectivity index (χ0n) is 9.47. The van der Waals surface area contributed by atoms with Crippen LogP contribution in [0.25, 0.3) is 0 Å². The Morgan fingerprint density at radius 1 is 1.41 bits per heavy atom. The predicted molar refractivity (Wildman–Crippen MR) is 70.4 cm³/mol. The van der Waals surface area contributed by atoms with Gasteiger partial charge in [-0.25, -0.2) is 0 Å². The first-order valence-electron chi connectivity index (χ1n) is 5.47. The number of benzene rings is 1. The molecule has 1 fully saturated rings. The maximum absolute atomic E-state index is 12.1. The van der Waals surface area contributed by atoms with Gasteiger partial charge >= 0.3 is 0 Å². The number of nitrogens with two attached hydrogens (primary N) is 1. The van der Waals surface area contributed by atoms with Gasteiger partial charge in [0.15, 0.2) is 0 Å². The lowest BCUT2D eigenvalue weighted by atomic mass is 9.96. The van der Waals surface area contributed by atoms with Crippen LogP contribution in [-0.4, -0.2) is 11.4 Å². The van der Waals surface area contributed by atoms with E-state index >= 15 is 0 Å². The average Bonchev–Trinajstić information content (AvgIpc) is 3.07. The van der Waals surface area contributed by atoms with Crippen LogP contribution in [0.1, 0.15) is 19.8 Å². The summed E-state index contributed by atoms with van der Waals surface area (Å²) in [5.74, 6) is 0.0127. The summed E-state index contributed by atoms with van der Waals surface area (Å²) in [5, 5.41) is 3.54. The molecule has 3 nitrogen and oxygen atoms in total. The van der Waals surface area contributed by atoms with Gasteiger partial charge in [-0.2, -0.15) is 0 Å². The fraction of sp³-hybridized carbons (Fsp3) is 0.417. The van der Waals surface area contributed by atoms with Gasteiger partial charge in [0.25, 0.3) is 0 Å². The van der Waals surface area contributed by atoms with E-state index in [1.807, 2.05) is 0 Å². The summed E-state index contributed by atoms with van der Waals surface area (Å²) in [5.41, 5.74) is 5.59. The largest absolute Gasteiger partial charge is 0.322 e. The van der Waals surface area contributed by atoms with Gasteiger partial charge in [-0.1, -0.05) is 29.3 Å². The van der Waals surface area contributed by atoms with E-state index in [0.29, 0.717) is 15.7 Å². The van der Waals surface area contributed by atoms with Gasteiger partial charge in [-0.15, -0.1) is 0 Å². The first-order chi connectivity index (χ1) is 7.93. The lowest BCUT2D eigenvalue weighted by molar-refractivity contribution is -0.121. The highest BCUT2D eigenvalue weighted by Gasteiger charge is 2.44. The van der Waals surface area contributed by atoms with E-state index in [1.165, 1.54) is 0 Å². The van der Waals surface area contributed by atoms with Crippen LogP contribution in [0.4, 0.5) is 5.69 Å². The molecule has 1 amide bonds. The molecule has 1 aliphatic rings. The number of amides is 1. The summed E-state index contributed by atoms with van der Waals surface area (Å²) < 4.78 is 0. The molecular weight excluding hydrogens is 259 g/mol. The minimum absolute atomic E-state index is 0.241. The molecule has 92 valence electrons. The van der Waals surface area contributed by atoms with E-state index in [9.17, 15) is 4.79 Å². The fourth-order valence-corrected chi connectivity index (χ4v) is 2.23. The Bertz CT molecular complexity index is 436. The summed E-state index contributed by atoms with van der Waals surface area (Å²) in [4.78, 5) is 12.1. The van der Waals surface area contributed by atoms with Crippen LogP contribution in [0.2, 0.25) is 10.0 Å². The van der Waals surface area contributed by atoms with Crippen LogP contribution >= 0.6 is 23.2 Å². The molecule has 0 radical (unpaired) electrons. The lowest BCUT2D eigenvalue weighted by Crippen LogP contribution is -2.50. The van der Waals surface area contributed by atoms with Crippen molar-refractivity contribution in [2.24, 2.45) is 11.7 Å². The molecule has 17 heavy (non-hydrogen) atoms. The van der Waals surface area contributed by atoms with Crippen molar-refractivity contribution < 1.29 is 4.79 Å². The summed E-state index contributed by atoms with van der Waals surface area (Å²) in [6.07, 6.45) is 1.99. The number of hydrogen-bond donors (Lipinski definition) is 2. The first kappa shape index (κ1) is 12.7. The molecule has 0 aliphatic heterocycles. The normalized spacial score (nSPS) is 18.6. The van der Waals surface area contributed by atoms with Crippen molar-refractivity contribution in [2.75, 3.05) is 5.32 Å². The van der Waals surface area contributed by atoms with Gasteiger partial charge in [0.2, 0.25) is 5.91 Å². The topological polar surface area (TPSA) is 55.1 Å². The SMILES string of the molecule is CC(N)(C(=O)Nc1c(Cl)cccc1Cl)C1CC1. The molecule has 2 rings (SSSR count). The third-order valence-electron chi connectivity index (χ3n) is 3.12. The standard InChI is InChI=1S/C12H14Cl2N2O/c1-12(15,7-5-6-7)11(17)16-10-8(13)3-2-4-9(10)14/h2-4,7H,5-6,15H2,1H3,(H,16,17). The number of carbonyl (C=O) groups excluding carboxylic acids is 1. The third kappa shape index (κ3) is 2.57. The highest BCUT2D eigenvalue weighted by atomic mass is 35.5. The molecule has 5 heteroatoms. The second-order valence-corrected chi connectivity index (χ2v) is 5.42. The Balaban J connectivity index is 2.18. The molecular formula is C12H14Cl2N2O. The number of rotatable bonds is 3. The minimum Gasteiger partial charge on any atom is -0.322 e. The van der Waals surface area contributed by atoms with Crippen molar-refractivity contribution in [1.29, 1.82) is 0 Å². The molecule has 0 spiro atoms. The molecule has 0 aromatic heterocycles. The number of anilines is 1. The zero-order chi connectivity index (χ0) is 12.6. The van der Waals surface area contributed by atoms with Crippen LogP contribution in [0, 0.1) is 5.92 Å². The molecule has 0 bridgehead atoms. The van der Waals surface area contributed by atoms with Gasteiger partial charge in [-0.05, 0) is 37.8 Å². The molecule has 1 saturated carbocycles. The Kier molecular flexibility index (Phi) is 3.34. The van der Waals surface area contributed by atoms with Crippen molar-refractivity contribution >= 4 is 34.8 Å². The van der Waals surface area contributed by atoms with Gasteiger partial charge in [0.05, 0.1) is 21.3 Å². The molecule has 1 atom stereocenters. The maximum atomic E-state index is 12.1. The Morgan fingerprint density at radius 2 is 1.94 bits per heavy atom. The number of para-hydroxylation sites is 1. The van der Waals surface area contributed by atoms with Crippen molar-refractivity contribution in [2.45, 2.75) is 25.3 Å². The van der Waals surface area contributed by atoms with Crippen LogP contribution in [-0.2, 0) is 4.79 Å². The fourth-order valence-electron chi connectivity index (χ4n) is 1.73. The number of halogens is 2. The average molecular weight is 273 g/mol. The Labute approximate surface area is 110 Å². The van der Waals surface area contributed by atoms with E-state index in [4.69, 9.17) is 28.9 Å². The summed E-state index contributed by atoms with van der Waals surface area (Å²) in [6.45, 7) is 1.74. The van der Waals surface area contributed by atoms with Crippen molar-refractivity contribution in [3.8, 4) is 0 Å². The van der Waals surface area contributed by atoms with E-state index in [0.717, 1.165) is 12.8 Å². The van der Waals surface area contributed by atoms with Crippen LogP contribution in [0.15, 0.2) is 18.2 Å². The first-order valence-corrected chi connectivity index (χ1v) is 6.23. The molecule has 0 heterocycles. The van der Waals surface area contributed by atoms with Gasteiger partial charge in [0, 0.05) is 0 Å². The highest BCUT2D eigenvalue weighted by Crippen LogP contribution is 2.39.